The van der Waals surface area contributed by atoms with Crippen LogP contribution >= 0.6 is 15.9 Å². The van der Waals surface area contributed by atoms with Gasteiger partial charge in [0.1, 0.15) is 11.6 Å². The number of amides is 2. The van der Waals surface area contributed by atoms with Gasteiger partial charge in [-0.1, -0.05) is 36.7 Å². The van der Waals surface area contributed by atoms with Crippen LogP contribution in [0.3, 0.4) is 0 Å². The van der Waals surface area contributed by atoms with Gasteiger partial charge in [0.05, 0.1) is 17.0 Å². The summed E-state index contributed by atoms with van der Waals surface area (Å²) in [4.78, 5) is 52.4. The molecule has 0 aromatic heterocycles. The van der Waals surface area contributed by atoms with Crippen LogP contribution in [-0.2, 0) is 24.6 Å². The zero-order valence-corrected chi connectivity index (χ0v) is 17.7. The fraction of sp³-hybridized carbons (Fsp3) is 0.524. The molecule has 2 fully saturated rings. The molecular formula is C21H24BrNO4. The van der Waals surface area contributed by atoms with E-state index in [1.54, 1.807) is 12.1 Å². The summed E-state index contributed by atoms with van der Waals surface area (Å²) in [7, 11) is 0. The molecule has 2 atom stereocenters. The number of hydrogen-bond acceptors (Lipinski definition) is 4. The SMILES string of the molecule is CC(=O)C1(C2CC(=O)N(c3ccc(Br)cc3C(C)(C)C)C2=O)CCCC1=O. The Bertz CT molecular complexity index is 854. The van der Waals surface area contributed by atoms with Crippen LogP contribution in [0.5, 0.6) is 0 Å². The number of anilines is 1. The summed E-state index contributed by atoms with van der Waals surface area (Å²) in [5, 5.41) is 0. The topological polar surface area (TPSA) is 71.5 Å². The van der Waals surface area contributed by atoms with Gasteiger partial charge < -0.3 is 0 Å². The molecule has 6 heteroatoms. The summed E-state index contributed by atoms with van der Waals surface area (Å²) in [6.07, 6.45) is 1.14. The van der Waals surface area contributed by atoms with E-state index in [1.807, 2.05) is 26.8 Å². The summed E-state index contributed by atoms with van der Waals surface area (Å²) in [6, 6.07) is 5.45. The Morgan fingerprint density at radius 2 is 1.89 bits per heavy atom. The lowest BCUT2D eigenvalue weighted by Gasteiger charge is -2.30. The monoisotopic (exact) mass is 433 g/mol. The molecule has 1 heterocycles. The number of carbonyl (C=O) groups is 4. The molecule has 1 saturated carbocycles. The molecule has 0 spiro atoms. The minimum atomic E-state index is -1.33. The van der Waals surface area contributed by atoms with Gasteiger partial charge in [-0.2, -0.15) is 0 Å². The second-order valence-corrected chi connectivity index (χ2v) is 9.46. The number of imide groups is 1. The third kappa shape index (κ3) is 3.08. The molecular weight excluding hydrogens is 410 g/mol. The Morgan fingerprint density at radius 3 is 2.41 bits per heavy atom. The lowest BCUT2D eigenvalue weighted by Crippen LogP contribution is -2.45. The van der Waals surface area contributed by atoms with Crippen LogP contribution < -0.4 is 4.90 Å². The zero-order chi connectivity index (χ0) is 20.1. The van der Waals surface area contributed by atoms with Crippen molar-refractivity contribution in [3.63, 3.8) is 0 Å². The van der Waals surface area contributed by atoms with Crippen molar-refractivity contribution in [3.8, 4) is 0 Å². The van der Waals surface area contributed by atoms with Gasteiger partial charge in [-0.25, -0.2) is 4.90 Å². The standard InChI is InChI=1S/C21H24BrNO4/c1-12(24)21(9-5-6-17(21)25)15-11-18(26)23(19(15)27)16-8-7-13(22)10-14(16)20(2,3)4/h7-8,10,15H,5-6,9,11H2,1-4H3. The molecule has 1 saturated heterocycles. The summed E-state index contributed by atoms with van der Waals surface area (Å²) in [6.45, 7) is 7.40. The number of Topliss-reactive ketones (excluding diaryl/α,β-unsaturated/α-hetero) is 2. The lowest BCUT2D eigenvalue weighted by molar-refractivity contribution is -0.145. The van der Waals surface area contributed by atoms with E-state index in [9.17, 15) is 19.2 Å². The minimum absolute atomic E-state index is 0.0935. The smallest absolute Gasteiger partial charge is 0.238 e. The summed E-state index contributed by atoms with van der Waals surface area (Å²) in [5.74, 6) is -2.18. The molecule has 5 nitrogen and oxygen atoms in total. The van der Waals surface area contributed by atoms with Crippen molar-refractivity contribution in [2.75, 3.05) is 4.90 Å². The molecule has 0 N–H and O–H groups in total. The summed E-state index contributed by atoms with van der Waals surface area (Å²) >= 11 is 3.45. The highest BCUT2D eigenvalue weighted by Crippen LogP contribution is 2.48. The molecule has 2 unspecified atom stereocenters. The van der Waals surface area contributed by atoms with E-state index in [4.69, 9.17) is 0 Å². The average molecular weight is 434 g/mol. The maximum atomic E-state index is 13.3. The van der Waals surface area contributed by atoms with Crippen LogP contribution in [0.2, 0.25) is 0 Å². The molecule has 27 heavy (non-hydrogen) atoms. The first-order valence-corrected chi connectivity index (χ1v) is 10.0. The largest absolute Gasteiger partial charge is 0.299 e. The number of ketones is 2. The Balaban J connectivity index is 2.09. The third-order valence-corrected chi connectivity index (χ3v) is 6.34. The predicted octanol–water partition coefficient (Wildman–Crippen LogP) is 3.95. The Morgan fingerprint density at radius 1 is 1.22 bits per heavy atom. The fourth-order valence-corrected chi connectivity index (χ4v) is 4.81. The van der Waals surface area contributed by atoms with Crippen molar-refractivity contribution in [1.29, 1.82) is 0 Å². The van der Waals surface area contributed by atoms with Gasteiger partial charge in [0.2, 0.25) is 11.8 Å². The second-order valence-electron chi connectivity index (χ2n) is 8.54. The number of rotatable bonds is 3. The van der Waals surface area contributed by atoms with Crippen molar-refractivity contribution < 1.29 is 19.2 Å². The fourth-order valence-electron chi connectivity index (χ4n) is 4.45. The molecule has 1 aromatic rings. The van der Waals surface area contributed by atoms with Crippen molar-refractivity contribution in [1.82, 2.24) is 0 Å². The summed E-state index contributed by atoms with van der Waals surface area (Å²) in [5.41, 5.74) is -0.237. The van der Waals surface area contributed by atoms with Crippen LogP contribution in [0.1, 0.15) is 58.9 Å². The van der Waals surface area contributed by atoms with Gasteiger partial charge in [-0.3, -0.25) is 19.2 Å². The van der Waals surface area contributed by atoms with E-state index in [-0.39, 0.29) is 29.3 Å². The molecule has 2 amide bonds. The van der Waals surface area contributed by atoms with Crippen molar-refractivity contribution >= 4 is 45.0 Å². The van der Waals surface area contributed by atoms with Crippen LogP contribution in [0, 0.1) is 11.3 Å². The van der Waals surface area contributed by atoms with Gasteiger partial charge in [0.15, 0.2) is 0 Å². The van der Waals surface area contributed by atoms with Crippen molar-refractivity contribution in [3.05, 3.63) is 28.2 Å². The lowest BCUT2D eigenvalue weighted by atomic mass is 9.69. The Labute approximate surface area is 167 Å². The van der Waals surface area contributed by atoms with Gasteiger partial charge in [-0.15, -0.1) is 0 Å². The maximum absolute atomic E-state index is 13.3. The van der Waals surface area contributed by atoms with Gasteiger partial charge in [-0.05, 0) is 48.9 Å². The molecule has 1 aliphatic carbocycles. The van der Waals surface area contributed by atoms with E-state index in [1.165, 1.54) is 11.8 Å². The van der Waals surface area contributed by atoms with E-state index >= 15 is 0 Å². The van der Waals surface area contributed by atoms with E-state index in [0.717, 1.165) is 10.0 Å². The quantitative estimate of drug-likeness (QED) is 0.534. The van der Waals surface area contributed by atoms with Gasteiger partial charge >= 0.3 is 0 Å². The first-order valence-electron chi connectivity index (χ1n) is 9.21. The minimum Gasteiger partial charge on any atom is -0.299 e. The predicted molar refractivity (Wildman–Crippen MR) is 105 cm³/mol. The number of carbonyl (C=O) groups excluding carboxylic acids is 4. The van der Waals surface area contributed by atoms with E-state index < -0.39 is 17.2 Å². The second kappa shape index (κ2) is 6.66. The molecule has 3 rings (SSSR count). The molecule has 0 bridgehead atoms. The van der Waals surface area contributed by atoms with Crippen molar-refractivity contribution in [2.24, 2.45) is 11.3 Å². The van der Waals surface area contributed by atoms with E-state index in [2.05, 4.69) is 15.9 Å². The zero-order valence-electron chi connectivity index (χ0n) is 16.1. The van der Waals surface area contributed by atoms with Gasteiger partial charge in [0.25, 0.3) is 0 Å². The third-order valence-electron chi connectivity index (χ3n) is 5.85. The highest BCUT2D eigenvalue weighted by molar-refractivity contribution is 9.10. The Hall–Kier alpha value is -1.82. The number of halogens is 1. The first kappa shape index (κ1) is 19.9. The highest BCUT2D eigenvalue weighted by Gasteiger charge is 2.59. The maximum Gasteiger partial charge on any atom is 0.238 e. The highest BCUT2D eigenvalue weighted by atomic mass is 79.9. The molecule has 2 aliphatic rings. The molecule has 144 valence electrons. The first-order chi connectivity index (χ1) is 12.5. The van der Waals surface area contributed by atoms with Crippen molar-refractivity contribution in [2.45, 2.75) is 58.8 Å². The summed E-state index contributed by atoms with van der Waals surface area (Å²) < 4.78 is 0.859. The normalized spacial score (nSPS) is 26.2. The number of nitrogens with zero attached hydrogens (tertiary/aromatic N) is 1. The average Bonchev–Trinajstić information content (AvgIpc) is 3.08. The van der Waals surface area contributed by atoms with Crippen LogP contribution in [0.4, 0.5) is 5.69 Å². The number of benzene rings is 1. The molecule has 1 aliphatic heterocycles. The molecule has 1 aromatic carbocycles. The number of hydrogen-bond donors (Lipinski definition) is 0. The van der Waals surface area contributed by atoms with Crippen LogP contribution in [0.15, 0.2) is 22.7 Å². The van der Waals surface area contributed by atoms with E-state index in [0.29, 0.717) is 24.9 Å². The Kier molecular flexibility index (Phi) is 4.91. The van der Waals surface area contributed by atoms with Crippen LogP contribution in [0.25, 0.3) is 0 Å². The molecule has 0 radical (unpaired) electrons. The van der Waals surface area contributed by atoms with Gasteiger partial charge in [0, 0.05) is 17.3 Å². The van der Waals surface area contributed by atoms with Crippen LogP contribution in [-0.4, -0.2) is 23.4 Å².